The standard InChI is InChI=1S/C20H21N3O2S/c1-14-6-8-15(9-7-14)16-4-2-12-23(16)19(24)11-10-18-21-20(22-25-18)17-5-3-13-26-17/h3,5-9,13,16H,2,4,10-12H2,1H3. The highest BCUT2D eigenvalue weighted by molar-refractivity contribution is 7.13. The maximum absolute atomic E-state index is 12.7. The number of aromatic nitrogens is 2. The van der Waals surface area contributed by atoms with Gasteiger partial charge in [0.2, 0.25) is 17.6 Å². The molecule has 1 aliphatic rings. The Hall–Kier alpha value is -2.47. The monoisotopic (exact) mass is 367 g/mol. The molecular formula is C20H21N3O2S. The Kier molecular flexibility index (Phi) is 4.84. The Morgan fingerprint density at radius 2 is 2.15 bits per heavy atom. The number of likely N-dealkylation sites (tertiary alicyclic amines) is 1. The summed E-state index contributed by atoms with van der Waals surface area (Å²) >= 11 is 1.57. The van der Waals surface area contributed by atoms with E-state index in [4.69, 9.17) is 4.52 Å². The minimum atomic E-state index is 0.156. The zero-order chi connectivity index (χ0) is 17.9. The number of amides is 1. The van der Waals surface area contributed by atoms with Crippen molar-refractivity contribution < 1.29 is 9.32 Å². The Bertz CT molecular complexity index is 871. The van der Waals surface area contributed by atoms with Gasteiger partial charge < -0.3 is 9.42 Å². The van der Waals surface area contributed by atoms with Crippen molar-refractivity contribution >= 4 is 17.2 Å². The van der Waals surface area contributed by atoms with Crippen LogP contribution in [0.4, 0.5) is 0 Å². The molecule has 0 aliphatic carbocycles. The van der Waals surface area contributed by atoms with Crippen LogP contribution in [-0.2, 0) is 11.2 Å². The van der Waals surface area contributed by atoms with Crippen LogP contribution < -0.4 is 0 Å². The number of thiophene rings is 1. The number of hydrogen-bond acceptors (Lipinski definition) is 5. The van der Waals surface area contributed by atoms with Crippen molar-refractivity contribution in [1.82, 2.24) is 15.0 Å². The highest BCUT2D eigenvalue weighted by Gasteiger charge is 2.29. The van der Waals surface area contributed by atoms with Crippen LogP contribution >= 0.6 is 11.3 Å². The lowest BCUT2D eigenvalue weighted by Crippen LogP contribution is -2.30. The fourth-order valence-corrected chi connectivity index (χ4v) is 4.07. The SMILES string of the molecule is Cc1ccc(C2CCCN2C(=O)CCc2nc(-c3cccs3)no2)cc1. The molecule has 1 amide bonds. The van der Waals surface area contributed by atoms with E-state index in [-0.39, 0.29) is 11.9 Å². The molecule has 1 aliphatic heterocycles. The summed E-state index contributed by atoms with van der Waals surface area (Å²) in [7, 11) is 0. The van der Waals surface area contributed by atoms with Crippen molar-refractivity contribution in [3.63, 3.8) is 0 Å². The van der Waals surface area contributed by atoms with Gasteiger partial charge in [0.1, 0.15) is 0 Å². The van der Waals surface area contributed by atoms with E-state index in [2.05, 4.69) is 41.3 Å². The van der Waals surface area contributed by atoms with E-state index in [0.29, 0.717) is 24.6 Å². The number of carbonyl (C=O) groups is 1. The minimum Gasteiger partial charge on any atom is -0.339 e. The average molecular weight is 367 g/mol. The highest BCUT2D eigenvalue weighted by Crippen LogP contribution is 2.32. The molecule has 1 unspecified atom stereocenters. The largest absolute Gasteiger partial charge is 0.339 e. The van der Waals surface area contributed by atoms with Gasteiger partial charge in [-0.2, -0.15) is 4.98 Å². The van der Waals surface area contributed by atoms with Crippen LogP contribution in [0.5, 0.6) is 0 Å². The predicted octanol–water partition coefficient (Wildman–Crippen LogP) is 4.40. The lowest BCUT2D eigenvalue weighted by atomic mass is 10.0. The molecule has 6 heteroatoms. The quantitative estimate of drug-likeness (QED) is 0.670. The van der Waals surface area contributed by atoms with Crippen molar-refractivity contribution in [2.45, 2.75) is 38.6 Å². The van der Waals surface area contributed by atoms with Crippen LogP contribution in [0, 0.1) is 6.92 Å². The van der Waals surface area contributed by atoms with Gasteiger partial charge in [0.15, 0.2) is 0 Å². The van der Waals surface area contributed by atoms with Crippen LogP contribution in [-0.4, -0.2) is 27.5 Å². The Labute approximate surface area is 156 Å². The molecule has 1 aromatic carbocycles. The summed E-state index contributed by atoms with van der Waals surface area (Å²) in [6.07, 6.45) is 2.95. The van der Waals surface area contributed by atoms with E-state index in [1.807, 2.05) is 22.4 Å². The van der Waals surface area contributed by atoms with Crippen molar-refractivity contribution in [3.8, 4) is 10.7 Å². The fourth-order valence-electron chi connectivity index (χ4n) is 3.42. The van der Waals surface area contributed by atoms with E-state index < -0.39 is 0 Å². The maximum Gasteiger partial charge on any atom is 0.227 e. The van der Waals surface area contributed by atoms with Gasteiger partial charge in [-0.05, 0) is 36.8 Å². The van der Waals surface area contributed by atoms with Gasteiger partial charge in [-0.3, -0.25) is 4.79 Å². The third-order valence-electron chi connectivity index (χ3n) is 4.80. The first kappa shape index (κ1) is 17.0. The molecule has 134 valence electrons. The number of carbonyl (C=O) groups excluding carboxylic acids is 1. The van der Waals surface area contributed by atoms with Crippen LogP contribution in [0.3, 0.4) is 0 Å². The molecule has 0 bridgehead atoms. The second kappa shape index (κ2) is 7.41. The fraction of sp³-hybridized carbons (Fsp3) is 0.350. The summed E-state index contributed by atoms with van der Waals surface area (Å²) < 4.78 is 5.30. The topological polar surface area (TPSA) is 59.2 Å². The molecule has 26 heavy (non-hydrogen) atoms. The molecule has 3 aromatic rings. The minimum absolute atomic E-state index is 0.156. The maximum atomic E-state index is 12.7. The molecule has 1 atom stereocenters. The van der Waals surface area contributed by atoms with Gasteiger partial charge in [0.05, 0.1) is 10.9 Å². The second-order valence-electron chi connectivity index (χ2n) is 6.64. The molecule has 4 rings (SSSR count). The average Bonchev–Trinajstić information content (AvgIpc) is 3.40. The first-order valence-electron chi connectivity index (χ1n) is 8.93. The first-order chi connectivity index (χ1) is 12.7. The normalized spacial score (nSPS) is 17.0. The Morgan fingerprint density at radius 3 is 2.92 bits per heavy atom. The second-order valence-corrected chi connectivity index (χ2v) is 7.59. The molecule has 0 saturated carbocycles. The summed E-state index contributed by atoms with van der Waals surface area (Å²) in [6, 6.07) is 12.6. The van der Waals surface area contributed by atoms with Gasteiger partial charge >= 0.3 is 0 Å². The van der Waals surface area contributed by atoms with E-state index in [1.54, 1.807) is 11.3 Å². The van der Waals surface area contributed by atoms with Crippen molar-refractivity contribution in [1.29, 1.82) is 0 Å². The zero-order valence-corrected chi connectivity index (χ0v) is 15.5. The number of rotatable bonds is 5. The first-order valence-corrected chi connectivity index (χ1v) is 9.81. The van der Waals surface area contributed by atoms with Crippen molar-refractivity contribution in [3.05, 3.63) is 58.8 Å². The van der Waals surface area contributed by atoms with E-state index in [1.165, 1.54) is 11.1 Å². The molecule has 0 radical (unpaired) electrons. The van der Waals surface area contributed by atoms with Gasteiger partial charge in [0.25, 0.3) is 0 Å². The van der Waals surface area contributed by atoms with E-state index >= 15 is 0 Å². The molecule has 0 N–H and O–H groups in total. The summed E-state index contributed by atoms with van der Waals surface area (Å²) in [5, 5.41) is 5.98. The molecular weight excluding hydrogens is 346 g/mol. The smallest absolute Gasteiger partial charge is 0.227 e. The molecule has 2 aromatic heterocycles. The predicted molar refractivity (Wildman–Crippen MR) is 101 cm³/mol. The summed E-state index contributed by atoms with van der Waals surface area (Å²) in [4.78, 5) is 20.1. The van der Waals surface area contributed by atoms with Crippen molar-refractivity contribution in [2.75, 3.05) is 6.54 Å². The number of benzene rings is 1. The van der Waals surface area contributed by atoms with Gasteiger partial charge in [-0.25, -0.2) is 0 Å². The van der Waals surface area contributed by atoms with E-state index in [0.717, 1.165) is 24.3 Å². The number of hydrogen-bond donors (Lipinski definition) is 0. The molecule has 3 heterocycles. The van der Waals surface area contributed by atoms with Crippen LogP contribution in [0.25, 0.3) is 10.7 Å². The Balaban J connectivity index is 1.39. The lowest BCUT2D eigenvalue weighted by molar-refractivity contribution is -0.132. The van der Waals surface area contributed by atoms with Crippen LogP contribution in [0.2, 0.25) is 0 Å². The van der Waals surface area contributed by atoms with Crippen LogP contribution in [0.1, 0.15) is 42.3 Å². The summed E-state index contributed by atoms with van der Waals surface area (Å²) in [6.45, 7) is 2.90. The third kappa shape index (κ3) is 3.55. The third-order valence-corrected chi connectivity index (χ3v) is 5.66. The zero-order valence-electron chi connectivity index (χ0n) is 14.7. The van der Waals surface area contributed by atoms with Crippen molar-refractivity contribution in [2.24, 2.45) is 0 Å². The van der Waals surface area contributed by atoms with Gasteiger partial charge in [0, 0.05) is 19.4 Å². The van der Waals surface area contributed by atoms with Gasteiger partial charge in [-0.1, -0.05) is 41.1 Å². The van der Waals surface area contributed by atoms with Crippen LogP contribution in [0.15, 0.2) is 46.3 Å². The number of aryl methyl sites for hydroxylation is 2. The number of nitrogens with zero attached hydrogens (tertiary/aromatic N) is 3. The van der Waals surface area contributed by atoms with Gasteiger partial charge in [-0.15, -0.1) is 11.3 Å². The molecule has 1 fully saturated rings. The summed E-state index contributed by atoms with van der Waals surface area (Å²) in [5.74, 6) is 1.28. The molecule has 5 nitrogen and oxygen atoms in total. The summed E-state index contributed by atoms with van der Waals surface area (Å²) in [5.41, 5.74) is 2.46. The highest BCUT2D eigenvalue weighted by atomic mass is 32.1. The molecule has 1 saturated heterocycles. The molecule has 0 spiro atoms. The lowest BCUT2D eigenvalue weighted by Gasteiger charge is -2.25. The Morgan fingerprint density at radius 1 is 1.31 bits per heavy atom. The van der Waals surface area contributed by atoms with E-state index in [9.17, 15) is 4.79 Å².